The number of carbonyl (C=O) groups is 4. The molecule has 0 unspecified atom stereocenters. The Morgan fingerprint density at radius 2 is 1.80 bits per heavy atom. The van der Waals surface area contributed by atoms with Crippen molar-refractivity contribution in [3.8, 4) is 11.5 Å². The number of rotatable bonds is 8. The summed E-state index contributed by atoms with van der Waals surface area (Å²) < 4.78 is 11.9. The van der Waals surface area contributed by atoms with Crippen molar-refractivity contribution >= 4 is 80.3 Å². The molecule has 212 valence electrons. The molecule has 2 N–H and O–H groups in total. The molecule has 1 fully saturated rings. The number of nitrogens with one attached hydrogen (secondary N) is 2. The summed E-state index contributed by atoms with van der Waals surface area (Å²) >= 11 is 15.7. The fraction of sp³-hybridized carbons (Fsp3) is 0.172. The first-order chi connectivity index (χ1) is 19.5. The summed E-state index contributed by atoms with van der Waals surface area (Å²) in [5, 5.41) is 5.80. The quantitative estimate of drug-likeness (QED) is 0.212. The average molecular weight is 661 g/mol. The van der Waals surface area contributed by atoms with Gasteiger partial charge in [0.15, 0.2) is 18.1 Å². The first-order valence-electron chi connectivity index (χ1n) is 12.3. The Bertz CT molecular complexity index is 1610. The number of nitrogens with zero attached hydrogens (tertiary/aromatic N) is 1. The summed E-state index contributed by atoms with van der Waals surface area (Å²) in [5.74, 6) is -1.57. The maximum atomic E-state index is 13.4. The summed E-state index contributed by atoms with van der Waals surface area (Å²) in [5.41, 5.74) is 2.29. The summed E-state index contributed by atoms with van der Waals surface area (Å²) in [4.78, 5) is 52.0. The number of barbiturate groups is 1. The van der Waals surface area contributed by atoms with Crippen LogP contribution in [0.1, 0.15) is 23.6 Å². The smallest absolute Gasteiger partial charge is 0.335 e. The van der Waals surface area contributed by atoms with Gasteiger partial charge in [-0.1, -0.05) is 35.3 Å². The van der Waals surface area contributed by atoms with Crippen molar-refractivity contribution in [1.82, 2.24) is 5.32 Å². The molecule has 41 heavy (non-hydrogen) atoms. The predicted molar refractivity (Wildman–Crippen MR) is 161 cm³/mol. The summed E-state index contributed by atoms with van der Waals surface area (Å²) in [6.07, 6.45) is 1.34. The monoisotopic (exact) mass is 659 g/mol. The van der Waals surface area contributed by atoms with Crippen molar-refractivity contribution in [2.45, 2.75) is 20.8 Å². The predicted octanol–water partition coefficient (Wildman–Crippen LogP) is 6.46. The zero-order chi connectivity index (χ0) is 29.8. The summed E-state index contributed by atoms with van der Waals surface area (Å²) in [7, 11) is 0. The Balaban J connectivity index is 1.59. The van der Waals surface area contributed by atoms with Gasteiger partial charge in [0.25, 0.3) is 17.7 Å². The van der Waals surface area contributed by atoms with E-state index in [1.54, 1.807) is 62.4 Å². The van der Waals surface area contributed by atoms with Gasteiger partial charge in [0.2, 0.25) is 0 Å². The molecule has 4 rings (SSSR count). The van der Waals surface area contributed by atoms with Crippen molar-refractivity contribution in [3.05, 3.63) is 85.3 Å². The van der Waals surface area contributed by atoms with Crippen LogP contribution < -0.4 is 25.0 Å². The average Bonchev–Trinajstić information content (AvgIpc) is 2.90. The van der Waals surface area contributed by atoms with E-state index in [0.29, 0.717) is 31.3 Å². The molecule has 1 aliphatic heterocycles. The van der Waals surface area contributed by atoms with Crippen LogP contribution in [0.4, 0.5) is 16.2 Å². The third-order valence-electron chi connectivity index (χ3n) is 6.03. The lowest BCUT2D eigenvalue weighted by atomic mass is 10.1. The van der Waals surface area contributed by atoms with E-state index >= 15 is 0 Å². The van der Waals surface area contributed by atoms with Crippen molar-refractivity contribution in [3.63, 3.8) is 0 Å². The van der Waals surface area contributed by atoms with Gasteiger partial charge in [0, 0.05) is 15.7 Å². The minimum absolute atomic E-state index is 0.247. The highest BCUT2D eigenvalue weighted by atomic mass is 79.9. The lowest BCUT2D eigenvalue weighted by Gasteiger charge is -2.27. The van der Waals surface area contributed by atoms with Gasteiger partial charge in [0.1, 0.15) is 5.57 Å². The molecule has 9 nitrogen and oxygen atoms in total. The maximum Gasteiger partial charge on any atom is 0.335 e. The van der Waals surface area contributed by atoms with Crippen LogP contribution in [0.3, 0.4) is 0 Å². The number of anilines is 2. The number of ether oxygens (including phenoxy) is 2. The van der Waals surface area contributed by atoms with Crippen LogP contribution in [0.15, 0.2) is 58.6 Å². The van der Waals surface area contributed by atoms with Gasteiger partial charge < -0.3 is 14.8 Å². The maximum absolute atomic E-state index is 13.4. The largest absolute Gasteiger partial charge is 0.490 e. The number of hydrogen-bond donors (Lipinski definition) is 2. The molecule has 0 aromatic heterocycles. The van der Waals surface area contributed by atoms with E-state index in [0.717, 1.165) is 10.5 Å². The molecule has 3 aromatic rings. The molecular weight excluding hydrogens is 637 g/mol. The van der Waals surface area contributed by atoms with Crippen molar-refractivity contribution in [1.29, 1.82) is 0 Å². The lowest BCUT2D eigenvalue weighted by molar-refractivity contribution is -0.122. The Morgan fingerprint density at radius 1 is 1.05 bits per heavy atom. The minimum atomic E-state index is -0.881. The van der Waals surface area contributed by atoms with Crippen LogP contribution in [0.5, 0.6) is 11.5 Å². The number of aryl methyl sites for hydroxylation is 1. The number of halogens is 3. The second-order valence-electron chi connectivity index (χ2n) is 8.91. The van der Waals surface area contributed by atoms with E-state index in [4.69, 9.17) is 32.7 Å². The number of carbonyl (C=O) groups excluding carboxylic acids is 4. The number of imide groups is 2. The van der Waals surface area contributed by atoms with Crippen LogP contribution in [-0.2, 0) is 14.4 Å². The van der Waals surface area contributed by atoms with Gasteiger partial charge in [0.05, 0.1) is 16.8 Å². The van der Waals surface area contributed by atoms with Crippen molar-refractivity contribution in [2.75, 3.05) is 23.4 Å². The second kappa shape index (κ2) is 12.8. The zero-order valence-corrected chi connectivity index (χ0v) is 25.2. The zero-order valence-electron chi connectivity index (χ0n) is 22.1. The van der Waals surface area contributed by atoms with E-state index in [9.17, 15) is 19.2 Å². The van der Waals surface area contributed by atoms with Gasteiger partial charge in [-0.3, -0.25) is 19.7 Å². The highest BCUT2D eigenvalue weighted by Gasteiger charge is 2.37. The molecule has 1 aliphatic rings. The molecule has 0 atom stereocenters. The standard InChI is InChI=1S/C29H24BrCl2N3O6/c1-4-40-24-12-17(11-20(30)26(24)41-14-25(36)33-18-9-8-15(2)22(32)13-18)10-19-27(37)34-29(39)35(28(19)38)23-7-5-6-21(31)16(23)3/h5-13H,4,14H2,1-3H3,(H,33,36)(H,34,37,39)/b19-10-. The first kappa shape index (κ1) is 30.1. The van der Waals surface area contributed by atoms with Gasteiger partial charge in [-0.2, -0.15) is 0 Å². The first-order valence-corrected chi connectivity index (χ1v) is 13.9. The molecule has 1 saturated heterocycles. The van der Waals surface area contributed by atoms with Crippen LogP contribution in [0.25, 0.3) is 6.08 Å². The minimum Gasteiger partial charge on any atom is -0.490 e. The third-order valence-corrected chi connectivity index (χ3v) is 7.43. The Hall–Kier alpha value is -3.86. The number of urea groups is 1. The van der Waals surface area contributed by atoms with Crippen molar-refractivity contribution in [2.24, 2.45) is 0 Å². The molecular formula is C29H24BrCl2N3O6. The fourth-order valence-electron chi connectivity index (χ4n) is 3.96. The SMILES string of the molecule is CCOc1cc(/C=C2/C(=O)NC(=O)N(c3cccc(Cl)c3C)C2=O)cc(Br)c1OCC(=O)Nc1ccc(C)c(Cl)c1. The molecule has 1 heterocycles. The van der Waals surface area contributed by atoms with E-state index in [1.807, 2.05) is 6.92 Å². The molecule has 0 spiro atoms. The van der Waals surface area contributed by atoms with Gasteiger partial charge in [-0.05, 0) is 95.9 Å². The lowest BCUT2D eigenvalue weighted by Crippen LogP contribution is -2.54. The summed E-state index contributed by atoms with van der Waals surface area (Å²) in [6, 6.07) is 12.2. The fourth-order valence-corrected chi connectivity index (χ4v) is 4.89. The molecule has 0 aliphatic carbocycles. The van der Waals surface area contributed by atoms with Crippen LogP contribution >= 0.6 is 39.1 Å². The Kier molecular flexibility index (Phi) is 9.37. The van der Waals surface area contributed by atoms with E-state index < -0.39 is 23.8 Å². The summed E-state index contributed by atoms with van der Waals surface area (Å²) in [6.45, 7) is 5.23. The number of amides is 5. The molecule has 12 heteroatoms. The van der Waals surface area contributed by atoms with E-state index in [2.05, 4.69) is 26.6 Å². The van der Waals surface area contributed by atoms with Crippen molar-refractivity contribution < 1.29 is 28.7 Å². The topological polar surface area (TPSA) is 114 Å². The molecule has 0 radical (unpaired) electrons. The van der Waals surface area contributed by atoms with Crippen LogP contribution in [-0.4, -0.2) is 37.0 Å². The molecule has 0 saturated carbocycles. The second-order valence-corrected chi connectivity index (χ2v) is 10.6. The normalized spacial score (nSPS) is 14.2. The van der Waals surface area contributed by atoms with Crippen LogP contribution in [0, 0.1) is 13.8 Å². The van der Waals surface area contributed by atoms with Gasteiger partial charge in [-0.25, -0.2) is 9.69 Å². The number of benzene rings is 3. The van der Waals surface area contributed by atoms with Gasteiger partial charge >= 0.3 is 6.03 Å². The van der Waals surface area contributed by atoms with E-state index in [-0.39, 0.29) is 36.0 Å². The Labute approximate surface area is 254 Å². The molecule has 3 aromatic carbocycles. The van der Waals surface area contributed by atoms with Crippen LogP contribution in [0.2, 0.25) is 10.0 Å². The molecule has 0 bridgehead atoms. The molecule has 5 amide bonds. The third kappa shape index (κ3) is 6.73. The van der Waals surface area contributed by atoms with Gasteiger partial charge in [-0.15, -0.1) is 0 Å². The highest BCUT2D eigenvalue weighted by molar-refractivity contribution is 9.10. The van der Waals surface area contributed by atoms with E-state index in [1.165, 1.54) is 6.08 Å². The Morgan fingerprint density at radius 3 is 2.51 bits per heavy atom. The number of hydrogen-bond acceptors (Lipinski definition) is 6. The highest BCUT2D eigenvalue weighted by Crippen LogP contribution is 2.38.